The number of fused-ring (bicyclic) bond motifs is 1. The van der Waals surface area contributed by atoms with Gasteiger partial charge < -0.3 is 24.5 Å². The number of carboxylic acid groups (broad SMARTS) is 1. The smallest absolute Gasteiger partial charge is 0.337 e. The van der Waals surface area contributed by atoms with Gasteiger partial charge in [-0.2, -0.15) is 0 Å². The molecular formula is C39H54N6O3. The number of aromatic nitrogens is 3. The van der Waals surface area contributed by atoms with Crippen LogP contribution in [0.25, 0.3) is 11.1 Å². The summed E-state index contributed by atoms with van der Waals surface area (Å²) in [4.78, 5) is 34.3. The van der Waals surface area contributed by atoms with Gasteiger partial charge in [0.05, 0.1) is 11.3 Å². The molecular weight excluding hydrogens is 600 g/mol. The lowest BCUT2D eigenvalue weighted by Gasteiger charge is -2.41. The van der Waals surface area contributed by atoms with Crippen molar-refractivity contribution in [3.8, 4) is 11.1 Å². The minimum Gasteiger partial charge on any atom is -0.479 e. The van der Waals surface area contributed by atoms with Gasteiger partial charge in [0.1, 0.15) is 18.0 Å². The molecule has 6 rings (SSSR count). The van der Waals surface area contributed by atoms with E-state index in [2.05, 4.69) is 76.6 Å². The number of pyridine rings is 1. The number of aryl methyl sites for hydroxylation is 2. The number of nitrogens with zero attached hydrogens (tertiary/aromatic N) is 6. The maximum absolute atomic E-state index is 12.9. The summed E-state index contributed by atoms with van der Waals surface area (Å²) in [6.45, 7) is 22.1. The predicted molar refractivity (Wildman–Crippen MR) is 193 cm³/mol. The Balaban J connectivity index is 1.36. The molecule has 9 heteroatoms. The van der Waals surface area contributed by atoms with Crippen LogP contribution in [0.4, 0.5) is 17.3 Å². The fourth-order valence-electron chi connectivity index (χ4n) is 7.58. The fraction of sp³-hybridized carbons (Fsp3) is 0.590. The minimum atomic E-state index is -1.13. The number of piperidine rings is 2. The Morgan fingerprint density at radius 2 is 1.58 bits per heavy atom. The van der Waals surface area contributed by atoms with E-state index in [1.54, 1.807) is 6.33 Å². The highest BCUT2D eigenvalue weighted by molar-refractivity contribution is 5.88. The first-order valence-corrected chi connectivity index (χ1v) is 17.8. The third-order valence-electron chi connectivity index (χ3n) is 10.5. The molecule has 2 aromatic heterocycles. The highest BCUT2D eigenvalue weighted by Crippen LogP contribution is 2.45. The number of benzene rings is 1. The molecule has 1 atom stereocenters. The molecule has 3 aromatic rings. The molecule has 0 amide bonds. The first-order chi connectivity index (χ1) is 22.7. The van der Waals surface area contributed by atoms with Crippen LogP contribution >= 0.6 is 0 Å². The van der Waals surface area contributed by atoms with Gasteiger partial charge in [-0.05, 0) is 94.7 Å². The summed E-state index contributed by atoms with van der Waals surface area (Å²) >= 11 is 0. The number of aliphatic carboxylic acids is 1. The number of hydrogen-bond donors (Lipinski definition) is 1. The minimum absolute atomic E-state index is 0.247. The Labute approximate surface area is 286 Å². The average molecular weight is 655 g/mol. The van der Waals surface area contributed by atoms with Crippen molar-refractivity contribution in [3.63, 3.8) is 0 Å². The second-order valence-electron chi connectivity index (χ2n) is 16.1. The van der Waals surface area contributed by atoms with Crippen LogP contribution in [0.1, 0.15) is 101 Å². The first-order valence-electron chi connectivity index (χ1n) is 17.8. The van der Waals surface area contributed by atoms with Crippen molar-refractivity contribution in [1.29, 1.82) is 0 Å². The van der Waals surface area contributed by atoms with Gasteiger partial charge in [-0.25, -0.2) is 14.8 Å². The topological polar surface area (TPSA) is 94.9 Å². The van der Waals surface area contributed by atoms with Gasteiger partial charge in [0, 0.05) is 67.8 Å². The lowest BCUT2D eigenvalue weighted by atomic mass is 9.81. The third kappa shape index (κ3) is 7.31. The summed E-state index contributed by atoms with van der Waals surface area (Å²) < 4.78 is 6.28. The molecule has 0 radical (unpaired) electrons. The molecule has 0 aliphatic carbocycles. The van der Waals surface area contributed by atoms with Crippen LogP contribution in [0.5, 0.6) is 0 Å². The Hall–Kier alpha value is -3.72. The van der Waals surface area contributed by atoms with Crippen LogP contribution in [-0.4, -0.2) is 64.4 Å². The van der Waals surface area contributed by atoms with E-state index in [0.29, 0.717) is 11.3 Å². The molecule has 9 nitrogen and oxygen atoms in total. The van der Waals surface area contributed by atoms with Crippen LogP contribution in [-0.2, 0) is 22.5 Å². The van der Waals surface area contributed by atoms with E-state index in [4.69, 9.17) is 9.72 Å². The van der Waals surface area contributed by atoms with Crippen LogP contribution < -0.4 is 14.7 Å². The Morgan fingerprint density at radius 3 is 2.23 bits per heavy atom. The number of anilines is 3. The van der Waals surface area contributed by atoms with Gasteiger partial charge in [-0.1, -0.05) is 39.0 Å². The number of ether oxygens (including phenoxy) is 1. The maximum Gasteiger partial charge on any atom is 0.337 e. The SMILES string of the molecule is Cc1nc(C)c(C(OC(C)(C)C)C(=O)O)c(N2CCC(C)(C)CC2)c1-c1ccc2c(c1)CCN(c1cc(N3CCC(C)CC3)ncn1)C2. The summed E-state index contributed by atoms with van der Waals surface area (Å²) in [6.07, 6.45) is 5.95. The molecule has 3 aliphatic heterocycles. The molecule has 2 fully saturated rings. The number of rotatable bonds is 7. The summed E-state index contributed by atoms with van der Waals surface area (Å²) in [6, 6.07) is 8.91. The van der Waals surface area contributed by atoms with Crippen molar-refractivity contribution in [2.45, 2.75) is 106 Å². The number of hydrogen-bond acceptors (Lipinski definition) is 8. The molecule has 1 N–H and O–H groups in total. The Bertz CT molecular complexity index is 1650. The monoisotopic (exact) mass is 654 g/mol. The average Bonchev–Trinajstić information content (AvgIpc) is 3.03. The lowest BCUT2D eigenvalue weighted by Crippen LogP contribution is -2.39. The summed E-state index contributed by atoms with van der Waals surface area (Å²) in [5.41, 5.74) is 7.56. The van der Waals surface area contributed by atoms with Gasteiger partial charge in [-0.3, -0.25) is 4.98 Å². The molecule has 0 saturated carbocycles. The van der Waals surface area contributed by atoms with E-state index in [1.165, 1.54) is 24.0 Å². The molecule has 0 bridgehead atoms. The van der Waals surface area contributed by atoms with Crippen LogP contribution in [0.2, 0.25) is 0 Å². The predicted octanol–water partition coefficient (Wildman–Crippen LogP) is 7.52. The van der Waals surface area contributed by atoms with E-state index < -0.39 is 17.7 Å². The van der Waals surface area contributed by atoms with E-state index in [-0.39, 0.29) is 5.41 Å². The highest BCUT2D eigenvalue weighted by Gasteiger charge is 2.37. The quantitative estimate of drug-likeness (QED) is 0.278. The van der Waals surface area contributed by atoms with Crippen molar-refractivity contribution < 1.29 is 14.6 Å². The van der Waals surface area contributed by atoms with E-state index in [9.17, 15) is 9.90 Å². The molecule has 258 valence electrons. The number of carbonyl (C=O) groups is 1. The summed E-state index contributed by atoms with van der Waals surface area (Å²) in [7, 11) is 0. The van der Waals surface area contributed by atoms with Crippen LogP contribution in [0.15, 0.2) is 30.6 Å². The largest absolute Gasteiger partial charge is 0.479 e. The van der Waals surface area contributed by atoms with E-state index in [0.717, 1.165) is 98.6 Å². The van der Waals surface area contributed by atoms with Crippen LogP contribution in [0.3, 0.4) is 0 Å². The molecule has 3 aliphatic rings. The zero-order valence-electron chi connectivity index (χ0n) is 30.3. The zero-order chi connectivity index (χ0) is 34.4. The molecule has 1 aromatic carbocycles. The highest BCUT2D eigenvalue weighted by atomic mass is 16.5. The van der Waals surface area contributed by atoms with Gasteiger partial charge >= 0.3 is 5.97 Å². The van der Waals surface area contributed by atoms with Gasteiger partial charge in [0.25, 0.3) is 0 Å². The van der Waals surface area contributed by atoms with Gasteiger partial charge in [0.2, 0.25) is 0 Å². The second-order valence-corrected chi connectivity index (χ2v) is 16.1. The first kappa shape index (κ1) is 34.2. The fourth-order valence-corrected chi connectivity index (χ4v) is 7.58. The Morgan fingerprint density at radius 1 is 0.917 bits per heavy atom. The van der Waals surface area contributed by atoms with Gasteiger partial charge in [-0.15, -0.1) is 0 Å². The van der Waals surface area contributed by atoms with E-state index in [1.807, 2.05) is 27.7 Å². The van der Waals surface area contributed by atoms with Crippen molar-refractivity contribution in [2.24, 2.45) is 11.3 Å². The van der Waals surface area contributed by atoms with Crippen molar-refractivity contribution >= 4 is 23.3 Å². The molecule has 2 saturated heterocycles. The lowest BCUT2D eigenvalue weighted by molar-refractivity contribution is -0.160. The Kier molecular flexibility index (Phi) is 9.46. The molecule has 5 heterocycles. The van der Waals surface area contributed by atoms with Gasteiger partial charge in [0.15, 0.2) is 6.10 Å². The standard InChI is InChI=1S/C39H54N6O3/c1-25-11-16-43(17-12-25)31-22-32(41-24-40-31)45-18-13-28-21-29(9-10-30(28)23-45)33-26(2)42-27(3)34(36(37(46)47)48-38(4,5)6)35(33)44-19-14-39(7,8)15-20-44/h9-10,21-22,24-25,36H,11-20,23H2,1-8H3,(H,46,47). The normalized spacial score (nSPS) is 19.3. The van der Waals surface area contributed by atoms with Crippen molar-refractivity contribution in [2.75, 3.05) is 47.4 Å². The molecule has 1 unspecified atom stereocenters. The zero-order valence-corrected chi connectivity index (χ0v) is 30.3. The molecule has 0 spiro atoms. The summed E-state index contributed by atoms with van der Waals surface area (Å²) in [5, 5.41) is 10.5. The van der Waals surface area contributed by atoms with Crippen molar-refractivity contribution in [1.82, 2.24) is 15.0 Å². The van der Waals surface area contributed by atoms with Crippen molar-refractivity contribution in [3.05, 3.63) is 58.7 Å². The number of carboxylic acids is 1. The van der Waals surface area contributed by atoms with E-state index >= 15 is 0 Å². The summed E-state index contributed by atoms with van der Waals surface area (Å²) in [5.74, 6) is 1.78. The third-order valence-corrected chi connectivity index (χ3v) is 10.5. The molecule has 48 heavy (non-hydrogen) atoms. The second kappa shape index (κ2) is 13.3. The maximum atomic E-state index is 12.9. The van der Waals surface area contributed by atoms with Crippen LogP contribution in [0, 0.1) is 25.2 Å².